The summed E-state index contributed by atoms with van der Waals surface area (Å²) in [5.41, 5.74) is 2.03. The molecule has 4 nitrogen and oxygen atoms in total. The normalized spacial score (nSPS) is 19.9. The van der Waals surface area contributed by atoms with Crippen molar-refractivity contribution in [1.82, 2.24) is 0 Å². The fraction of sp³-hybridized carbons (Fsp3) is 0.269. The van der Waals surface area contributed by atoms with Crippen LogP contribution in [0.4, 0.5) is 34.6 Å². The molecule has 0 spiro atoms. The molecule has 34 heavy (non-hydrogen) atoms. The van der Waals surface area contributed by atoms with Crippen LogP contribution in [0.15, 0.2) is 72.8 Å². The van der Waals surface area contributed by atoms with Crippen molar-refractivity contribution in [3.63, 3.8) is 0 Å². The summed E-state index contributed by atoms with van der Waals surface area (Å²) in [6, 6.07) is 18.9. The van der Waals surface area contributed by atoms with Gasteiger partial charge in [0.15, 0.2) is 0 Å². The van der Waals surface area contributed by atoms with E-state index in [4.69, 9.17) is 0 Å². The molecule has 0 saturated carbocycles. The first-order valence-electron chi connectivity index (χ1n) is 11.1. The summed E-state index contributed by atoms with van der Waals surface area (Å²) in [6.45, 7) is 1.83. The molecule has 5 rings (SSSR count). The van der Waals surface area contributed by atoms with Crippen LogP contribution < -0.4 is 15.1 Å². The first-order chi connectivity index (χ1) is 16.3. The highest BCUT2D eigenvalue weighted by atomic mass is 19.4. The Morgan fingerprint density at radius 2 is 1.68 bits per heavy atom. The van der Waals surface area contributed by atoms with Crippen LogP contribution in [0.5, 0.6) is 0 Å². The fourth-order valence-electron chi connectivity index (χ4n) is 4.94. The van der Waals surface area contributed by atoms with Gasteiger partial charge in [0, 0.05) is 36.7 Å². The van der Waals surface area contributed by atoms with Crippen molar-refractivity contribution < 1.29 is 22.4 Å². The minimum absolute atomic E-state index is 0.191. The van der Waals surface area contributed by atoms with E-state index in [1.165, 1.54) is 30.3 Å². The van der Waals surface area contributed by atoms with Gasteiger partial charge in [0.2, 0.25) is 5.91 Å². The smallest absolute Gasteiger partial charge is 0.368 e. The Bertz CT molecular complexity index is 1180. The van der Waals surface area contributed by atoms with E-state index in [0.717, 1.165) is 23.5 Å². The second-order valence-corrected chi connectivity index (χ2v) is 8.69. The van der Waals surface area contributed by atoms with Gasteiger partial charge < -0.3 is 15.1 Å². The molecule has 2 atom stereocenters. The Kier molecular flexibility index (Phi) is 5.67. The van der Waals surface area contributed by atoms with E-state index in [-0.39, 0.29) is 18.4 Å². The van der Waals surface area contributed by atoms with Gasteiger partial charge >= 0.3 is 6.18 Å². The highest BCUT2D eigenvalue weighted by molar-refractivity contribution is 5.94. The molecule has 1 N–H and O–H groups in total. The van der Waals surface area contributed by atoms with Gasteiger partial charge in [-0.3, -0.25) is 4.79 Å². The molecule has 1 amide bonds. The SMILES string of the molecule is O=C(Nc1ccc(F)cc1)[C@H]1Cc2cc(C(F)(F)F)ccc2N2CCN(c3ccccc3)C[C@@H]12. The number of amides is 1. The van der Waals surface area contributed by atoms with Crippen LogP contribution in [0.25, 0.3) is 0 Å². The molecule has 0 aromatic heterocycles. The number of hydrogen-bond acceptors (Lipinski definition) is 3. The van der Waals surface area contributed by atoms with Gasteiger partial charge in [0.1, 0.15) is 5.82 Å². The van der Waals surface area contributed by atoms with E-state index in [2.05, 4.69) is 15.1 Å². The summed E-state index contributed by atoms with van der Waals surface area (Å²) in [4.78, 5) is 17.6. The van der Waals surface area contributed by atoms with Gasteiger partial charge in [0.05, 0.1) is 17.5 Å². The molecule has 0 aliphatic carbocycles. The maximum absolute atomic E-state index is 13.4. The number of nitrogens with one attached hydrogen (secondary N) is 1. The Labute approximate surface area is 194 Å². The van der Waals surface area contributed by atoms with Crippen molar-refractivity contribution >= 4 is 23.0 Å². The van der Waals surface area contributed by atoms with Crippen LogP contribution in [0.2, 0.25) is 0 Å². The predicted octanol–water partition coefficient (Wildman–Crippen LogP) is 5.35. The number of benzene rings is 3. The molecule has 1 fully saturated rings. The van der Waals surface area contributed by atoms with E-state index in [0.29, 0.717) is 30.9 Å². The quantitative estimate of drug-likeness (QED) is 0.526. The number of carbonyl (C=O) groups is 1. The van der Waals surface area contributed by atoms with Crippen LogP contribution in [0, 0.1) is 11.7 Å². The number of carbonyl (C=O) groups excluding carboxylic acids is 1. The number of fused-ring (bicyclic) bond motifs is 3. The Morgan fingerprint density at radius 1 is 0.941 bits per heavy atom. The van der Waals surface area contributed by atoms with Crippen molar-refractivity contribution in [3.8, 4) is 0 Å². The van der Waals surface area contributed by atoms with E-state index in [1.54, 1.807) is 0 Å². The van der Waals surface area contributed by atoms with Crippen LogP contribution >= 0.6 is 0 Å². The van der Waals surface area contributed by atoms with Gasteiger partial charge in [-0.25, -0.2) is 4.39 Å². The second-order valence-electron chi connectivity index (χ2n) is 8.69. The van der Waals surface area contributed by atoms with E-state index in [1.807, 2.05) is 30.3 Å². The third kappa shape index (κ3) is 4.32. The zero-order valence-electron chi connectivity index (χ0n) is 18.2. The lowest BCUT2D eigenvalue weighted by Crippen LogP contribution is -2.60. The Hall–Kier alpha value is -3.55. The van der Waals surface area contributed by atoms with Crippen LogP contribution in [-0.2, 0) is 17.4 Å². The lowest BCUT2D eigenvalue weighted by Gasteiger charge is -2.49. The average molecular weight is 469 g/mol. The molecule has 1 saturated heterocycles. The highest BCUT2D eigenvalue weighted by Gasteiger charge is 2.42. The summed E-state index contributed by atoms with van der Waals surface area (Å²) in [6.07, 6.45) is -4.26. The summed E-state index contributed by atoms with van der Waals surface area (Å²) in [5.74, 6) is -1.28. The number of piperazine rings is 1. The Balaban J connectivity index is 1.48. The zero-order chi connectivity index (χ0) is 23.9. The van der Waals surface area contributed by atoms with E-state index >= 15 is 0 Å². The number of para-hydroxylation sites is 1. The maximum atomic E-state index is 13.4. The van der Waals surface area contributed by atoms with E-state index < -0.39 is 23.5 Å². The molecule has 8 heteroatoms. The standard InChI is InChI=1S/C26H23F4N3O/c27-19-7-9-20(10-8-19)31-25(34)22-15-17-14-18(26(28,29)30)6-11-23(17)33-13-12-32(16-24(22)33)21-4-2-1-3-5-21/h1-11,14,22,24H,12-13,15-16H2,(H,31,34)/t22-,24-/m0/s1. The van der Waals surface area contributed by atoms with Crippen molar-refractivity contribution in [2.45, 2.75) is 18.6 Å². The van der Waals surface area contributed by atoms with Gasteiger partial charge in [-0.15, -0.1) is 0 Å². The molecular formula is C26H23F4N3O. The summed E-state index contributed by atoms with van der Waals surface area (Å²) >= 11 is 0. The zero-order valence-corrected chi connectivity index (χ0v) is 18.2. The summed E-state index contributed by atoms with van der Waals surface area (Å²) < 4.78 is 53.4. The van der Waals surface area contributed by atoms with Crippen LogP contribution in [0.3, 0.4) is 0 Å². The van der Waals surface area contributed by atoms with Gasteiger partial charge in [0.25, 0.3) is 0 Å². The van der Waals surface area contributed by atoms with Crippen LogP contribution in [-0.4, -0.2) is 31.6 Å². The minimum Gasteiger partial charge on any atom is -0.368 e. The first kappa shape index (κ1) is 22.3. The number of alkyl halides is 3. The number of rotatable bonds is 3. The summed E-state index contributed by atoms with van der Waals surface area (Å²) in [7, 11) is 0. The number of nitrogens with zero attached hydrogens (tertiary/aromatic N) is 2. The number of halogens is 4. The molecule has 3 aromatic carbocycles. The molecular weight excluding hydrogens is 446 g/mol. The maximum Gasteiger partial charge on any atom is 0.416 e. The molecule has 2 heterocycles. The monoisotopic (exact) mass is 469 g/mol. The second kappa shape index (κ2) is 8.66. The molecule has 2 aliphatic rings. The van der Waals surface area contributed by atoms with Gasteiger partial charge in [-0.1, -0.05) is 18.2 Å². The third-order valence-corrected chi connectivity index (χ3v) is 6.61. The molecule has 176 valence electrons. The molecule has 0 unspecified atom stereocenters. The highest BCUT2D eigenvalue weighted by Crippen LogP contribution is 2.40. The number of hydrogen-bond donors (Lipinski definition) is 1. The number of anilines is 3. The van der Waals surface area contributed by atoms with Crippen LogP contribution in [0.1, 0.15) is 11.1 Å². The fourth-order valence-corrected chi connectivity index (χ4v) is 4.94. The molecule has 3 aromatic rings. The third-order valence-electron chi connectivity index (χ3n) is 6.61. The van der Waals surface area contributed by atoms with Crippen molar-refractivity contribution in [2.75, 3.05) is 34.8 Å². The molecule has 2 aliphatic heterocycles. The lowest BCUT2D eigenvalue weighted by atomic mass is 9.82. The Morgan fingerprint density at radius 3 is 2.38 bits per heavy atom. The summed E-state index contributed by atoms with van der Waals surface area (Å²) in [5, 5.41) is 2.83. The first-order valence-corrected chi connectivity index (χ1v) is 11.1. The predicted molar refractivity (Wildman–Crippen MR) is 123 cm³/mol. The molecule has 0 radical (unpaired) electrons. The van der Waals surface area contributed by atoms with Gasteiger partial charge in [-0.05, 0) is 66.6 Å². The largest absolute Gasteiger partial charge is 0.416 e. The lowest BCUT2D eigenvalue weighted by molar-refractivity contribution is -0.137. The van der Waals surface area contributed by atoms with Crippen molar-refractivity contribution in [1.29, 1.82) is 0 Å². The van der Waals surface area contributed by atoms with Crippen molar-refractivity contribution in [2.24, 2.45) is 5.92 Å². The molecule has 0 bridgehead atoms. The average Bonchev–Trinajstić information content (AvgIpc) is 2.84. The topological polar surface area (TPSA) is 35.6 Å². The minimum atomic E-state index is -4.45. The van der Waals surface area contributed by atoms with Gasteiger partial charge in [-0.2, -0.15) is 13.2 Å². The van der Waals surface area contributed by atoms with E-state index in [9.17, 15) is 22.4 Å². The van der Waals surface area contributed by atoms with Crippen molar-refractivity contribution in [3.05, 3.63) is 89.7 Å².